The van der Waals surface area contributed by atoms with Gasteiger partial charge >= 0.3 is 0 Å². The van der Waals surface area contributed by atoms with Crippen molar-refractivity contribution < 1.29 is 4.74 Å². The highest BCUT2D eigenvalue weighted by Crippen LogP contribution is 2.20. The zero-order valence-electron chi connectivity index (χ0n) is 7.56. The Bertz CT molecular complexity index is 246. The van der Waals surface area contributed by atoms with Gasteiger partial charge < -0.3 is 10.1 Å². The quantitative estimate of drug-likeness (QED) is 0.798. The molecular formula is C8H13N3OS. The van der Waals surface area contributed by atoms with Crippen LogP contribution >= 0.6 is 11.3 Å². The van der Waals surface area contributed by atoms with E-state index in [-0.39, 0.29) is 0 Å². The fraction of sp³-hybridized carbons (Fsp3) is 0.750. The molecule has 1 aliphatic heterocycles. The summed E-state index contributed by atoms with van der Waals surface area (Å²) in [6, 6.07) is 0.426. The van der Waals surface area contributed by atoms with E-state index in [1.165, 1.54) is 11.3 Å². The summed E-state index contributed by atoms with van der Waals surface area (Å²) < 4.78 is 5.32. The van der Waals surface area contributed by atoms with Crippen LogP contribution in [0.5, 0.6) is 0 Å². The minimum atomic E-state index is 0.426. The smallest absolute Gasteiger partial charge is 0.205 e. The molecular weight excluding hydrogens is 186 g/mol. The molecule has 72 valence electrons. The lowest BCUT2D eigenvalue weighted by Crippen LogP contribution is -2.25. The Kier molecular flexibility index (Phi) is 2.75. The minimum absolute atomic E-state index is 0.426. The molecule has 2 atom stereocenters. The van der Waals surface area contributed by atoms with Crippen LogP contribution in [-0.4, -0.2) is 29.5 Å². The van der Waals surface area contributed by atoms with Gasteiger partial charge in [0.25, 0.3) is 0 Å². The van der Waals surface area contributed by atoms with E-state index in [9.17, 15) is 0 Å². The number of ether oxygens (including phenoxy) is 1. The van der Waals surface area contributed by atoms with Gasteiger partial charge in [0, 0.05) is 18.6 Å². The lowest BCUT2D eigenvalue weighted by molar-refractivity contribution is 0.183. The van der Waals surface area contributed by atoms with Gasteiger partial charge in [0.1, 0.15) is 5.51 Å². The predicted octanol–water partition coefficient (Wildman–Crippen LogP) is 1.37. The molecule has 1 N–H and O–H groups in total. The standard InChI is InChI=1S/C8H13N3OS/c1-6(7-2-3-12-4-7)10-8-11-9-5-13-8/h5-7H,2-4H2,1H3,(H,10,11). The maximum absolute atomic E-state index is 5.32. The third-order valence-corrected chi connectivity index (χ3v) is 3.01. The van der Waals surface area contributed by atoms with Crippen molar-refractivity contribution in [3.8, 4) is 0 Å². The van der Waals surface area contributed by atoms with Crippen LogP contribution in [0.1, 0.15) is 13.3 Å². The van der Waals surface area contributed by atoms with Crippen LogP contribution in [0.25, 0.3) is 0 Å². The number of aromatic nitrogens is 2. The highest BCUT2D eigenvalue weighted by molar-refractivity contribution is 7.13. The number of anilines is 1. The van der Waals surface area contributed by atoms with Crippen LogP contribution in [0.2, 0.25) is 0 Å². The van der Waals surface area contributed by atoms with E-state index >= 15 is 0 Å². The van der Waals surface area contributed by atoms with E-state index in [1.807, 2.05) is 0 Å². The van der Waals surface area contributed by atoms with Crippen molar-refractivity contribution in [1.82, 2.24) is 10.2 Å². The summed E-state index contributed by atoms with van der Waals surface area (Å²) in [5.41, 5.74) is 1.74. The second-order valence-electron chi connectivity index (χ2n) is 3.30. The molecule has 1 fully saturated rings. The van der Waals surface area contributed by atoms with Gasteiger partial charge in [-0.1, -0.05) is 11.3 Å². The van der Waals surface area contributed by atoms with Gasteiger partial charge in [-0.2, -0.15) is 0 Å². The molecule has 1 aromatic heterocycles. The highest BCUT2D eigenvalue weighted by Gasteiger charge is 2.22. The van der Waals surface area contributed by atoms with Crippen LogP contribution in [0.3, 0.4) is 0 Å². The summed E-state index contributed by atoms with van der Waals surface area (Å²) in [5.74, 6) is 0.615. The lowest BCUT2D eigenvalue weighted by Gasteiger charge is -2.17. The van der Waals surface area contributed by atoms with Crippen LogP contribution in [-0.2, 0) is 4.74 Å². The summed E-state index contributed by atoms with van der Waals surface area (Å²) in [7, 11) is 0. The third kappa shape index (κ3) is 2.16. The molecule has 2 heterocycles. The molecule has 4 nitrogen and oxygen atoms in total. The summed E-state index contributed by atoms with van der Waals surface area (Å²) in [6.45, 7) is 3.93. The van der Waals surface area contributed by atoms with Gasteiger partial charge in [0.2, 0.25) is 5.13 Å². The number of rotatable bonds is 3. The molecule has 13 heavy (non-hydrogen) atoms. The zero-order valence-corrected chi connectivity index (χ0v) is 8.38. The van der Waals surface area contributed by atoms with Crippen LogP contribution in [0.4, 0.5) is 5.13 Å². The first-order valence-electron chi connectivity index (χ1n) is 4.46. The normalized spacial score (nSPS) is 24.5. The summed E-state index contributed by atoms with van der Waals surface area (Å²) in [6.07, 6.45) is 1.15. The van der Waals surface area contributed by atoms with Crippen molar-refractivity contribution >= 4 is 16.5 Å². The second-order valence-corrected chi connectivity index (χ2v) is 4.13. The molecule has 2 unspecified atom stereocenters. The average molecular weight is 199 g/mol. The molecule has 0 radical (unpaired) electrons. The summed E-state index contributed by atoms with van der Waals surface area (Å²) in [5, 5.41) is 12.0. The third-order valence-electron chi connectivity index (χ3n) is 2.38. The van der Waals surface area contributed by atoms with Gasteiger partial charge in [-0.15, -0.1) is 10.2 Å². The summed E-state index contributed by atoms with van der Waals surface area (Å²) in [4.78, 5) is 0. The molecule has 0 amide bonds. The second kappa shape index (κ2) is 4.02. The molecule has 5 heteroatoms. The van der Waals surface area contributed by atoms with Crippen LogP contribution < -0.4 is 5.32 Å². The fourth-order valence-electron chi connectivity index (χ4n) is 1.50. The predicted molar refractivity (Wildman–Crippen MR) is 51.9 cm³/mol. The molecule has 0 aromatic carbocycles. The fourth-order valence-corrected chi connectivity index (χ4v) is 2.04. The molecule has 0 bridgehead atoms. The van der Waals surface area contributed by atoms with Gasteiger partial charge in [0.15, 0.2) is 0 Å². The molecule has 2 rings (SSSR count). The van der Waals surface area contributed by atoms with Crippen molar-refractivity contribution in [3.63, 3.8) is 0 Å². The van der Waals surface area contributed by atoms with Crippen LogP contribution in [0.15, 0.2) is 5.51 Å². The Morgan fingerprint density at radius 1 is 1.77 bits per heavy atom. The van der Waals surface area contributed by atoms with Crippen molar-refractivity contribution in [2.45, 2.75) is 19.4 Å². The largest absolute Gasteiger partial charge is 0.381 e. The van der Waals surface area contributed by atoms with Crippen LogP contribution in [0, 0.1) is 5.92 Å². The number of nitrogens with one attached hydrogen (secondary N) is 1. The minimum Gasteiger partial charge on any atom is -0.381 e. The Balaban J connectivity index is 1.87. The Labute approximate surface area is 81.3 Å². The van der Waals surface area contributed by atoms with E-state index in [2.05, 4.69) is 22.4 Å². The molecule has 0 saturated carbocycles. The first-order valence-corrected chi connectivity index (χ1v) is 5.34. The molecule has 1 aromatic rings. The SMILES string of the molecule is CC(Nc1nncs1)C1CCOC1. The van der Waals surface area contributed by atoms with Crippen molar-refractivity contribution in [3.05, 3.63) is 5.51 Å². The van der Waals surface area contributed by atoms with Gasteiger partial charge in [-0.25, -0.2) is 0 Å². The van der Waals surface area contributed by atoms with E-state index in [0.29, 0.717) is 12.0 Å². The highest BCUT2D eigenvalue weighted by atomic mass is 32.1. The van der Waals surface area contributed by atoms with Crippen molar-refractivity contribution in [2.75, 3.05) is 18.5 Å². The van der Waals surface area contributed by atoms with E-state index in [4.69, 9.17) is 4.74 Å². The van der Waals surface area contributed by atoms with Gasteiger partial charge in [-0.3, -0.25) is 0 Å². The van der Waals surface area contributed by atoms with E-state index in [1.54, 1.807) is 5.51 Å². The number of hydrogen-bond acceptors (Lipinski definition) is 5. The zero-order chi connectivity index (χ0) is 9.10. The number of nitrogens with zero attached hydrogens (tertiary/aromatic N) is 2. The Hall–Kier alpha value is -0.680. The molecule has 1 saturated heterocycles. The Morgan fingerprint density at radius 3 is 3.31 bits per heavy atom. The monoisotopic (exact) mass is 199 g/mol. The van der Waals surface area contributed by atoms with Gasteiger partial charge in [-0.05, 0) is 13.3 Å². The van der Waals surface area contributed by atoms with Gasteiger partial charge in [0.05, 0.1) is 6.61 Å². The first-order chi connectivity index (χ1) is 6.36. The van der Waals surface area contributed by atoms with Crippen molar-refractivity contribution in [1.29, 1.82) is 0 Å². The van der Waals surface area contributed by atoms with E-state index in [0.717, 1.165) is 24.8 Å². The Morgan fingerprint density at radius 2 is 2.69 bits per heavy atom. The summed E-state index contributed by atoms with van der Waals surface area (Å²) >= 11 is 1.54. The van der Waals surface area contributed by atoms with E-state index < -0.39 is 0 Å². The molecule has 0 aliphatic carbocycles. The van der Waals surface area contributed by atoms with Crippen molar-refractivity contribution in [2.24, 2.45) is 5.92 Å². The lowest BCUT2D eigenvalue weighted by atomic mass is 10.0. The maximum atomic E-state index is 5.32. The topological polar surface area (TPSA) is 47.0 Å². The molecule has 0 spiro atoms. The number of hydrogen-bond donors (Lipinski definition) is 1. The molecule has 1 aliphatic rings. The maximum Gasteiger partial charge on any atom is 0.205 e. The first kappa shape index (κ1) is 8.90. The average Bonchev–Trinajstić information content (AvgIpc) is 2.74.